The van der Waals surface area contributed by atoms with E-state index in [2.05, 4.69) is 10.3 Å². The summed E-state index contributed by atoms with van der Waals surface area (Å²) in [6, 6.07) is 8.02. The number of benzene rings is 2. The normalized spacial score (nSPS) is 11.3. The van der Waals surface area contributed by atoms with Gasteiger partial charge in [-0.25, -0.2) is 8.42 Å². The monoisotopic (exact) mass is 516 g/mol. The Hall–Kier alpha value is -3.67. The first kappa shape index (κ1) is 28.6. The Morgan fingerprint density at radius 2 is 1.67 bits per heavy atom. The number of sulfone groups is 1. The number of carbonyl (C=O) groups is 1. The fourth-order valence-electron chi connectivity index (χ4n) is 3.25. The van der Waals surface area contributed by atoms with Crippen molar-refractivity contribution in [1.82, 2.24) is 0 Å². The number of amides is 1. The zero-order valence-electron chi connectivity index (χ0n) is 20.6. The third-order valence-corrected chi connectivity index (χ3v) is 6.24. The van der Waals surface area contributed by atoms with Crippen molar-refractivity contribution in [3.05, 3.63) is 46.9 Å². The van der Waals surface area contributed by atoms with Crippen molar-refractivity contribution in [2.45, 2.75) is 18.6 Å². The van der Waals surface area contributed by atoms with Gasteiger partial charge >= 0.3 is 121 Å². The van der Waals surface area contributed by atoms with Gasteiger partial charge in [-0.05, 0) is 6.08 Å². The largest absolute Gasteiger partial charge is 0.496 e. The third kappa shape index (κ3) is 8.53. The molecule has 0 fully saturated rings. The molecule has 192 valence electrons. The Bertz CT molecular complexity index is 1200. The number of carbonyl (C=O) groups excluding carboxylic acids is 1. The summed E-state index contributed by atoms with van der Waals surface area (Å²) in [6.07, 6.45) is 3.18. The van der Waals surface area contributed by atoms with Gasteiger partial charge in [0.15, 0.2) is 0 Å². The Morgan fingerprint density at radius 1 is 1.00 bits per heavy atom. The molecular formula is C24H29BN2O8S. The number of aliphatic imine (C=N–C) groups is 1. The Balaban J connectivity index is 2.20. The first-order chi connectivity index (χ1) is 17.3. The minimum absolute atomic E-state index is 0.177. The molecule has 1 amide bonds. The number of ether oxygens (including phenoxy) is 4. The second kappa shape index (κ2) is 14.0. The first-order valence-corrected chi connectivity index (χ1v) is 12.6. The van der Waals surface area contributed by atoms with E-state index in [4.69, 9.17) is 18.9 Å². The molecule has 0 aliphatic carbocycles. The van der Waals surface area contributed by atoms with E-state index in [1.54, 1.807) is 30.3 Å². The van der Waals surface area contributed by atoms with Crippen LogP contribution in [0.4, 0.5) is 5.69 Å². The fraction of sp³-hybridized carbons (Fsp3) is 0.333. The molecule has 0 radical (unpaired) electrons. The van der Waals surface area contributed by atoms with E-state index in [0.29, 0.717) is 59.9 Å². The number of rotatable bonds is 14. The average molecular weight is 516 g/mol. The van der Waals surface area contributed by atoms with Gasteiger partial charge in [0.2, 0.25) is 0 Å². The summed E-state index contributed by atoms with van der Waals surface area (Å²) >= 11 is 0. The molecule has 0 spiro atoms. The van der Waals surface area contributed by atoms with Crippen molar-refractivity contribution in [3.63, 3.8) is 0 Å². The molecule has 1 N–H and O–H groups in total. The maximum absolute atomic E-state index is 12.9. The molecule has 0 saturated carbocycles. The van der Waals surface area contributed by atoms with E-state index in [-0.39, 0.29) is 18.1 Å². The Kier molecular flexibility index (Phi) is 11.1. The second-order valence-corrected chi connectivity index (χ2v) is 9.32. The van der Waals surface area contributed by atoms with Crippen LogP contribution in [0, 0.1) is 0 Å². The van der Waals surface area contributed by atoms with E-state index in [1.807, 2.05) is 0 Å². The van der Waals surface area contributed by atoms with Gasteiger partial charge in [-0.1, -0.05) is 0 Å². The van der Waals surface area contributed by atoms with E-state index < -0.39 is 9.84 Å². The summed E-state index contributed by atoms with van der Waals surface area (Å²) in [5.74, 6) is 1.09. The van der Waals surface area contributed by atoms with Crippen molar-refractivity contribution in [2.75, 3.05) is 40.3 Å². The van der Waals surface area contributed by atoms with Crippen LogP contribution in [0.3, 0.4) is 0 Å². The molecule has 12 heteroatoms. The summed E-state index contributed by atoms with van der Waals surface area (Å²) in [5, 5.41) is 3.82. The van der Waals surface area contributed by atoms with Gasteiger partial charge in [0.1, 0.15) is 17.2 Å². The first-order valence-electron chi connectivity index (χ1n) is 10.9. The minimum atomic E-state index is -3.71. The SMILES string of the molecule is COc1cc(OC)c(/C=C/S(=O)(=O)Cc2ccc(OC)c(NC(=O)CCCN=CB=O)c2)c(OC)c1. The summed E-state index contributed by atoms with van der Waals surface area (Å²) in [5.41, 5.74) is 1.26. The Labute approximate surface area is 211 Å². The third-order valence-electron chi connectivity index (χ3n) is 4.96. The smallest absolute Gasteiger partial charge is 0.133 e. The fourth-order valence-corrected chi connectivity index (χ4v) is 4.34. The molecule has 2 rings (SSSR count). The van der Waals surface area contributed by atoms with Crippen LogP contribution in [-0.2, 0) is 25.1 Å². The van der Waals surface area contributed by atoms with Crippen LogP contribution in [0.15, 0.2) is 40.7 Å². The predicted octanol–water partition coefficient (Wildman–Crippen LogP) is 3.10. The number of methoxy groups -OCH3 is 4. The summed E-state index contributed by atoms with van der Waals surface area (Å²) < 4.78 is 57.2. The molecular weight excluding hydrogens is 487 g/mol. The number of anilines is 1. The quantitative estimate of drug-likeness (QED) is 0.230. The molecule has 0 unspecified atom stereocenters. The van der Waals surface area contributed by atoms with Crippen LogP contribution in [0.5, 0.6) is 23.0 Å². The van der Waals surface area contributed by atoms with Crippen LogP contribution in [0.2, 0.25) is 0 Å². The number of hydrogen-bond acceptors (Lipinski definition) is 9. The summed E-state index contributed by atoms with van der Waals surface area (Å²) in [4.78, 5) is 16.1. The summed E-state index contributed by atoms with van der Waals surface area (Å²) in [7, 11) is 2.75. The molecule has 0 aromatic heterocycles. The number of hydrogen-bond donors (Lipinski definition) is 1. The maximum atomic E-state index is 12.9. The van der Waals surface area contributed by atoms with Crippen molar-refractivity contribution in [3.8, 4) is 23.0 Å². The van der Waals surface area contributed by atoms with Crippen molar-refractivity contribution in [2.24, 2.45) is 4.99 Å². The van der Waals surface area contributed by atoms with Crippen LogP contribution in [0.25, 0.3) is 6.08 Å². The predicted molar refractivity (Wildman–Crippen MR) is 138 cm³/mol. The maximum Gasteiger partial charge on any atom is 0.133 e. The molecule has 2 aromatic carbocycles. The van der Waals surface area contributed by atoms with Gasteiger partial charge < -0.3 is 14.2 Å². The van der Waals surface area contributed by atoms with Crippen LogP contribution in [-0.4, -0.2) is 62.6 Å². The molecule has 0 aliphatic heterocycles. The minimum Gasteiger partial charge on any atom is -0.496 e. The van der Waals surface area contributed by atoms with Crippen LogP contribution < -0.4 is 24.3 Å². The number of nitrogens with zero attached hydrogens (tertiary/aromatic N) is 1. The Morgan fingerprint density at radius 3 is 2.25 bits per heavy atom. The molecule has 10 nitrogen and oxygen atoms in total. The average Bonchev–Trinajstić information content (AvgIpc) is 2.86. The summed E-state index contributed by atoms with van der Waals surface area (Å²) in [6.45, 7) is 0.345. The zero-order valence-corrected chi connectivity index (χ0v) is 21.5. The second-order valence-electron chi connectivity index (χ2n) is 7.43. The van der Waals surface area contributed by atoms with Gasteiger partial charge in [-0.3, -0.25) is 0 Å². The van der Waals surface area contributed by atoms with Crippen LogP contribution in [0.1, 0.15) is 24.0 Å². The zero-order chi connectivity index (χ0) is 26.6. The molecule has 0 aliphatic rings. The van der Waals surface area contributed by atoms with E-state index in [9.17, 15) is 17.9 Å². The van der Waals surface area contributed by atoms with Crippen molar-refractivity contribution in [1.29, 1.82) is 0 Å². The molecule has 0 saturated heterocycles. The van der Waals surface area contributed by atoms with Crippen LogP contribution >= 0.6 is 0 Å². The molecule has 0 bridgehead atoms. The standard InChI is InChI=1S/C24H29BN2O8S/c1-32-18-13-22(34-3)19(23(14-18)35-4)9-11-36(30,31)15-17-7-8-21(33-2)20(12-17)27-24(28)6-5-10-26-16-25-29/h7-9,11-14,16H,5-6,10,15H2,1-4H3,(H,27,28)/b11-9+,26-16?. The molecule has 0 atom stereocenters. The van der Waals surface area contributed by atoms with E-state index in [0.717, 1.165) is 11.5 Å². The van der Waals surface area contributed by atoms with Crippen molar-refractivity contribution >= 4 is 40.8 Å². The van der Waals surface area contributed by atoms with Gasteiger partial charge in [0.05, 0.1) is 26.9 Å². The molecule has 2 aromatic rings. The van der Waals surface area contributed by atoms with Gasteiger partial charge in [0.25, 0.3) is 0 Å². The number of nitrogens with one attached hydrogen (secondary N) is 1. The van der Waals surface area contributed by atoms with Gasteiger partial charge in [-0.2, -0.15) is 0 Å². The van der Waals surface area contributed by atoms with E-state index in [1.165, 1.54) is 34.5 Å². The van der Waals surface area contributed by atoms with E-state index >= 15 is 0 Å². The topological polar surface area (TPSA) is 130 Å². The molecule has 36 heavy (non-hydrogen) atoms. The van der Waals surface area contributed by atoms with Crippen molar-refractivity contribution < 1.29 is 36.9 Å². The van der Waals surface area contributed by atoms with Gasteiger partial charge in [0, 0.05) is 17.5 Å². The van der Waals surface area contributed by atoms with Gasteiger partial charge in [-0.15, -0.1) is 0 Å². The molecule has 0 heterocycles.